The highest BCUT2D eigenvalue weighted by atomic mass is 35.5. The highest BCUT2D eigenvalue weighted by molar-refractivity contribution is 6.34. The molecule has 2 fully saturated rings. The number of benzene rings is 2. The van der Waals surface area contributed by atoms with Gasteiger partial charge in [-0.15, -0.1) is 12.4 Å². The Kier molecular flexibility index (Phi) is 9.80. The van der Waals surface area contributed by atoms with Crippen molar-refractivity contribution in [2.45, 2.75) is 18.9 Å². The number of carbonyl (C=O) groups excluding carboxylic acids is 2. The number of amides is 2. The van der Waals surface area contributed by atoms with Crippen molar-refractivity contribution in [3.05, 3.63) is 59.1 Å². The number of carbonyl (C=O) groups is 2. The molecule has 0 aromatic heterocycles. The van der Waals surface area contributed by atoms with Gasteiger partial charge in [0.1, 0.15) is 12.3 Å². The molecule has 0 atom stereocenters. The maximum atomic E-state index is 13.4. The van der Waals surface area contributed by atoms with Gasteiger partial charge in [-0.1, -0.05) is 23.7 Å². The van der Waals surface area contributed by atoms with Crippen LogP contribution in [0, 0.1) is 0 Å². The number of ether oxygens (including phenoxy) is 1. The number of hydrogen-bond acceptors (Lipinski definition) is 5. The molecule has 7 nitrogen and oxygen atoms in total. The lowest BCUT2D eigenvalue weighted by Gasteiger charge is -2.42. The van der Waals surface area contributed by atoms with Gasteiger partial charge in [0, 0.05) is 37.8 Å². The highest BCUT2D eigenvalue weighted by Gasteiger charge is 2.30. The smallest absolute Gasteiger partial charge is 0.258 e. The van der Waals surface area contributed by atoms with Crippen LogP contribution in [-0.2, 0) is 4.79 Å². The summed E-state index contributed by atoms with van der Waals surface area (Å²) in [6.45, 7) is 5.31. The van der Waals surface area contributed by atoms with Gasteiger partial charge in [-0.05, 0) is 69.4 Å². The van der Waals surface area contributed by atoms with E-state index in [-0.39, 0.29) is 30.8 Å². The fourth-order valence-corrected chi connectivity index (χ4v) is 5.00. The monoisotopic (exact) mass is 520 g/mol. The molecule has 2 saturated heterocycles. The molecule has 0 aliphatic carbocycles. The summed E-state index contributed by atoms with van der Waals surface area (Å²) < 4.78 is 5.20. The van der Waals surface area contributed by atoms with Gasteiger partial charge >= 0.3 is 0 Å². The Labute approximate surface area is 219 Å². The number of para-hydroxylation sites is 1. The zero-order valence-electron chi connectivity index (χ0n) is 20.4. The van der Waals surface area contributed by atoms with Crippen LogP contribution >= 0.6 is 24.0 Å². The third kappa shape index (κ3) is 6.67. The van der Waals surface area contributed by atoms with Crippen LogP contribution in [0.3, 0.4) is 0 Å². The number of halogens is 2. The average Bonchev–Trinajstić information content (AvgIpc) is 2.88. The van der Waals surface area contributed by atoms with Crippen LogP contribution in [0.2, 0.25) is 5.02 Å². The Morgan fingerprint density at radius 2 is 1.60 bits per heavy atom. The van der Waals surface area contributed by atoms with Gasteiger partial charge in [-0.3, -0.25) is 19.4 Å². The van der Waals surface area contributed by atoms with E-state index in [2.05, 4.69) is 16.8 Å². The van der Waals surface area contributed by atoms with E-state index in [4.69, 9.17) is 16.3 Å². The summed E-state index contributed by atoms with van der Waals surface area (Å²) in [6, 6.07) is 14.6. The van der Waals surface area contributed by atoms with E-state index in [0.717, 1.165) is 26.2 Å². The maximum absolute atomic E-state index is 13.4. The molecule has 2 aliphatic rings. The summed E-state index contributed by atoms with van der Waals surface area (Å²) in [5.74, 6) is 0.332. The van der Waals surface area contributed by atoms with Crippen molar-refractivity contribution in [1.82, 2.24) is 14.7 Å². The molecule has 2 amide bonds. The van der Waals surface area contributed by atoms with Crippen LogP contribution in [-0.4, -0.2) is 92.5 Å². The lowest BCUT2D eigenvalue weighted by Crippen LogP contribution is -2.55. The van der Waals surface area contributed by atoms with Crippen LogP contribution in [0.15, 0.2) is 48.5 Å². The summed E-state index contributed by atoms with van der Waals surface area (Å²) in [7, 11) is 3.75. The molecule has 0 N–H and O–H groups in total. The molecule has 0 radical (unpaired) electrons. The zero-order valence-corrected chi connectivity index (χ0v) is 21.9. The first-order chi connectivity index (χ1) is 16.5. The van der Waals surface area contributed by atoms with E-state index in [1.807, 2.05) is 17.0 Å². The van der Waals surface area contributed by atoms with Gasteiger partial charge in [0.15, 0.2) is 0 Å². The molecule has 0 saturated carbocycles. The minimum Gasteiger partial charge on any atom is -0.497 e. The van der Waals surface area contributed by atoms with E-state index in [1.54, 1.807) is 43.5 Å². The second-order valence-corrected chi connectivity index (χ2v) is 9.43. The van der Waals surface area contributed by atoms with Crippen molar-refractivity contribution < 1.29 is 14.3 Å². The Morgan fingerprint density at radius 3 is 2.20 bits per heavy atom. The summed E-state index contributed by atoms with van der Waals surface area (Å²) in [6.07, 6.45) is 2.36. The summed E-state index contributed by atoms with van der Waals surface area (Å²) in [5.41, 5.74) is 1.00. The minimum atomic E-state index is -0.269. The van der Waals surface area contributed by atoms with E-state index in [9.17, 15) is 9.59 Å². The van der Waals surface area contributed by atoms with Crippen molar-refractivity contribution in [2.24, 2.45) is 0 Å². The molecular formula is C26H34Cl2N4O3. The number of methoxy groups -OCH3 is 1. The number of piperazine rings is 1. The normalized spacial score (nSPS) is 17.5. The summed E-state index contributed by atoms with van der Waals surface area (Å²) >= 11 is 6.43. The molecule has 0 spiro atoms. The van der Waals surface area contributed by atoms with Crippen LogP contribution in [0.5, 0.6) is 5.75 Å². The van der Waals surface area contributed by atoms with Crippen molar-refractivity contribution in [2.75, 3.05) is 64.9 Å². The largest absolute Gasteiger partial charge is 0.497 e. The number of rotatable bonds is 6. The number of likely N-dealkylation sites (tertiary alicyclic amines) is 1. The van der Waals surface area contributed by atoms with Crippen molar-refractivity contribution in [1.29, 1.82) is 0 Å². The third-order valence-corrected chi connectivity index (χ3v) is 7.21. The molecule has 0 unspecified atom stereocenters. The lowest BCUT2D eigenvalue weighted by atomic mass is 10.0. The molecule has 9 heteroatoms. The molecule has 0 bridgehead atoms. The van der Waals surface area contributed by atoms with Crippen molar-refractivity contribution >= 4 is 41.5 Å². The van der Waals surface area contributed by atoms with Crippen LogP contribution < -0.4 is 9.64 Å². The molecule has 2 aromatic carbocycles. The Balaban J connectivity index is 0.00000342. The van der Waals surface area contributed by atoms with E-state index < -0.39 is 0 Å². The predicted molar refractivity (Wildman–Crippen MR) is 142 cm³/mol. The van der Waals surface area contributed by atoms with Gasteiger partial charge in [0.05, 0.1) is 17.8 Å². The molecule has 35 heavy (non-hydrogen) atoms. The quantitative estimate of drug-likeness (QED) is 0.581. The van der Waals surface area contributed by atoms with Gasteiger partial charge in [-0.25, -0.2) is 0 Å². The standard InChI is InChI=1S/C26H33ClN4O3.ClH/c1-28-13-11-21(12-14-28)29-15-17-30(18-16-29)25(32)19-31(24-6-4-3-5-23(24)27)26(33)20-7-9-22(34-2)10-8-20;/h3-10,21H,11-19H2,1-2H3;1H. The molecular weight excluding hydrogens is 487 g/mol. The third-order valence-electron chi connectivity index (χ3n) is 6.89. The van der Waals surface area contributed by atoms with E-state index in [0.29, 0.717) is 41.2 Å². The van der Waals surface area contributed by atoms with Gasteiger partial charge in [0.25, 0.3) is 5.91 Å². The zero-order chi connectivity index (χ0) is 24.1. The van der Waals surface area contributed by atoms with Gasteiger partial charge < -0.3 is 14.5 Å². The fourth-order valence-electron chi connectivity index (χ4n) is 4.76. The number of nitrogens with zero attached hydrogens (tertiary/aromatic N) is 4. The first kappa shape index (κ1) is 27.3. The Hall–Kier alpha value is -2.32. The maximum Gasteiger partial charge on any atom is 0.258 e. The summed E-state index contributed by atoms with van der Waals surface area (Å²) in [5, 5.41) is 0.434. The van der Waals surface area contributed by atoms with E-state index >= 15 is 0 Å². The minimum absolute atomic E-state index is 0. The Morgan fingerprint density at radius 1 is 0.971 bits per heavy atom. The average molecular weight is 521 g/mol. The first-order valence-corrected chi connectivity index (χ1v) is 12.2. The van der Waals surface area contributed by atoms with Crippen molar-refractivity contribution in [3.8, 4) is 5.75 Å². The first-order valence-electron chi connectivity index (χ1n) is 11.9. The van der Waals surface area contributed by atoms with Crippen molar-refractivity contribution in [3.63, 3.8) is 0 Å². The second kappa shape index (κ2) is 12.6. The van der Waals surface area contributed by atoms with Crippen LogP contribution in [0.25, 0.3) is 0 Å². The number of hydrogen-bond donors (Lipinski definition) is 0. The number of piperidine rings is 1. The topological polar surface area (TPSA) is 56.3 Å². The van der Waals surface area contributed by atoms with Crippen LogP contribution in [0.1, 0.15) is 23.2 Å². The summed E-state index contributed by atoms with van der Waals surface area (Å²) in [4.78, 5) is 35.0. The molecule has 2 aromatic rings. The van der Waals surface area contributed by atoms with Gasteiger partial charge in [0.2, 0.25) is 5.91 Å². The second-order valence-electron chi connectivity index (χ2n) is 9.02. The van der Waals surface area contributed by atoms with Crippen LogP contribution in [0.4, 0.5) is 5.69 Å². The molecule has 4 rings (SSSR count). The lowest BCUT2D eigenvalue weighted by molar-refractivity contribution is -0.131. The SMILES string of the molecule is COc1ccc(C(=O)N(CC(=O)N2CCN(C3CCN(C)CC3)CC2)c2ccccc2Cl)cc1.Cl. The van der Waals surface area contributed by atoms with Gasteiger partial charge in [-0.2, -0.15) is 0 Å². The fraction of sp³-hybridized carbons (Fsp3) is 0.462. The number of anilines is 1. The molecule has 190 valence electrons. The molecule has 2 aliphatic heterocycles. The highest BCUT2D eigenvalue weighted by Crippen LogP contribution is 2.27. The molecule has 2 heterocycles. The van der Waals surface area contributed by atoms with E-state index in [1.165, 1.54) is 17.7 Å². The predicted octanol–water partition coefficient (Wildman–Crippen LogP) is 3.66. The Bertz CT molecular complexity index is 988.